The third kappa shape index (κ3) is 4.78. The molecular weight excluding hydrogens is 391 g/mol. The van der Waals surface area contributed by atoms with Crippen LogP contribution in [0.5, 0.6) is 11.5 Å². The summed E-state index contributed by atoms with van der Waals surface area (Å²) in [6, 6.07) is 13.6. The molecule has 2 N–H and O–H groups in total. The summed E-state index contributed by atoms with van der Waals surface area (Å²) >= 11 is 0. The fourth-order valence-corrected chi connectivity index (χ4v) is 2.65. The number of carbonyl (C=O) groups is 2. The van der Waals surface area contributed by atoms with Crippen LogP contribution < -0.4 is 20.3 Å². The second kappa shape index (κ2) is 9.60. The minimum atomic E-state index is -0.680. The number of furan rings is 1. The molecular formula is C22H21FN2O5. The van der Waals surface area contributed by atoms with Crippen molar-refractivity contribution < 1.29 is 27.9 Å². The zero-order chi connectivity index (χ0) is 21.5. The van der Waals surface area contributed by atoms with Crippen LogP contribution in [0, 0.1) is 5.82 Å². The number of hydrogen-bond acceptors (Lipinski definition) is 5. The quantitative estimate of drug-likeness (QED) is 0.574. The zero-order valence-corrected chi connectivity index (χ0v) is 16.5. The van der Waals surface area contributed by atoms with E-state index in [1.54, 1.807) is 30.3 Å². The average Bonchev–Trinajstić information content (AvgIpc) is 3.26. The number of methoxy groups -OCH3 is 1. The fraction of sp³-hybridized carbons (Fsp3) is 0.182. The molecule has 0 fully saturated rings. The highest BCUT2D eigenvalue weighted by Crippen LogP contribution is 2.28. The Hall–Kier alpha value is -3.81. The van der Waals surface area contributed by atoms with E-state index in [4.69, 9.17) is 13.9 Å². The molecule has 0 bridgehead atoms. The van der Waals surface area contributed by atoms with Gasteiger partial charge in [-0.15, -0.1) is 0 Å². The number of hydrogen-bond donors (Lipinski definition) is 2. The lowest BCUT2D eigenvalue weighted by Crippen LogP contribution is -2.41. The van der Waals surface area contributed by atoms with Gasteiger partial charge in [0, 0.05) is 5.56 Å². The molecule has 156 valence electrons. The van der Waals surface area contributed by atoms with Gasteiger partial charge in [0.1, 0.15) is 11.6 Å². The molecule has 0 saturated carbocycles. The van der Waals surface area contributed by atoms with Gasteiger partial charge in [-0.2, -0.15) is 0 Å². The van der Waals surface area contributed by atoms with Gasteiger partial charge in [-0.1, -0.05) is 19.1 Å². The van der Waals surface area contributed by atoms with Gasteiger partial charge in [0.2, 0.25) is 0 Å². The van der Waals surface area contributed by atoms with E-state index in [2.05, 4.69) is 10.9 Å². The number of carbonyl (C=O) groups excluding carboxylic acids is 2. The van der Waals surface area contributed by atoms with Crippen LogP contribution in [0.25, 0.3) is 11.3 Å². The first-order valence-corrected chi connectivity index (χ1v) is 9.29. The van der Waals surface area contributed by atoms with Gasteiger partial charge in [-0.05, 0) is 48.9 Å². The minimum absolute atomic E-state index is 0.0746. The smallest absolute Gasteiger partial charge is 0.305 e. The maximum atomic E-state index is 13.8. The minimum Gasteiger partial charge on any atom is -0.493 e. The van der Waals surface area contributed by atoms with Crippen LogP contribution in [-0.4, -0.2) is 25.5 Å². The van der Waals surface area contributed by atoms with Gasteiger partial charge in [0.05, 0.1) is 19.3 Å². The van der Waals surface area contributed by atoms with Crippen LogP contribution in [0.2, 0.25) is 0 Å². The van der Waals surface area contributed by atoms with E-state index in [1.807, 2.05) is 6.92 Å². The Labute approximate surface area is 172 Å². The van der Waals surface area contributed by atoms with Crippen molar-refractivity contribution in [3.8, 4) is 22.8 Å². The predicted molar refractivity (Wildman–Crippen MR) is 108 cm³/mol. The second-order valence-corrected chi connectivity index (χ2v) is 6.27. The second-order valence-electron chi connectivity index (χ2n) is 6.27. The molecule has 0 spiro atoms. The van der Waals surface area contributed by atoms with Gasteiger partial charge >= 0.3 is 5.91 Å². The van der Waals surface area contributed by atoms with Crippen molar-refractivity contribution in [3.63, 3.8) is 0 Å². The third-order valence-electron chi connectivity index (χ3n) is 4.15. The topological polar surface area (TPSA) is 89.8 Å². The van der Waals surface area contributed by atoms with Gasteiger partial charge < -0.3 is 13.9 Å². The number of rotatable bonds is 7. The van der Waals surface area contributed by atoms with E-state index in [-0.39, 0.29) is 22.6 Å². The molecule has 30 heavy (non-hydrogen) atoms. The van der Waals surface area contributed by atoms with E-state index < -0.39 is 17.6 Å². The largest absolute Gasteiger partial charge is 0.493 e. The van der Waals surface area contributed by atoms with Gasteiger partial charge in [-0.25, -0.2) is 4.39 Å². The Morgan fingerprint density at radius 1 is 1.00 bits per heavy atom. The van der Waals surface area contributed by atoms with E-state index in [0.29, 0.717) is 18.1 Å². The molecule has 3 aromatic rings. The number of benzene rings is 2. The summed E-state index contributed by atoms with van der Waals surface area (Å²) in [5.41, 5.74) is 5.07. The lowest BCUT2D eigenvalue weighted by Gasteiger charge is -2.12. The number of nitrogens with one attached hydrogen (secondary N) is 2. The molecule has 0 atom stereocenters. The summed E-state index contributed by atoms with van der Waals surface area (Å²) in [5, 5.41) is 0. The highest BCUT2D eigenvalue weighted by atomic mass is 19.1. The molecule has 0 unspecified atom stereocenters. The molecule has 2 aromatic carbocycles. The Kier molecular flexibility index (Phi) is 6.69. The molecule has 1 aromatic heterocycles. The zero-order valence-electron chi connectivity index (χ0n) is 16.5. The summed E-state index contributed by atoms with van der Waals surface area (Å²) in [4.78, 5) is 24.6. The molecule has 7 nitrogen and oxygen atoms in total. The first kappa shape index (κ1) is 20.9. The lowest BCUT2D eigenvalue weighted by molar-refractivity contribution is 0.0831. The summed E-state index contributed by atoms with van der Waals surface area (Å²) in [6.07, 6.45) is 0.836. The Bertz CT molecular complexity index is 1050. The van der Waals surface area contributed by atoms with Crippen LogP contribution in [0.15, 0.2) is 59.0 Å². The fourth-order valence-electron chi connectivity index (χ4n) is 2.65. The van der Waals surface area contributed by atoms with Crippen molar-refractivity contribution >= 4 is 11.8 Å². The van der Waals surface area contributed by atoms with E-state index in [1.165, 1.54) is 31.4 Å². The van der Waals surface area contributed by atoms with Gasteiger partial charge in [0.25, 0.3) is 5.91 Å². The first-order chi connectivity index (χ1) is 14.5. The van der Waals surface area contributed by atoms with Crippen LogP contribution in [-0.2, 0) is 0 Å². The van der Waals surface area contributed by atoms with Crippen LogP contribution in [0.4, 0.5) is 4.39 Å². The first-order valence-electron chi connectivity index (χ1n) is 9.29. The van der Waals surface area contributed by atoms with Crippen LogP contribution in [0.3, 0.4) is 0 Å². The molecule has 0 aliphatic heterocycles. The molecule has 1 heterocycles. The summed E-state index contributed by atoms with van der Waals surface area (Å²) in [5.74, 6) is -0.636. The highest BCUT2D eigenvalue weighted by molar-refractivity contribution is 5.98. The van der Waals surface area contributed by atoms with Gasteiger partial charge in [-0.3, -0.25) is 20.4 Å². The van der Waals surface area contributed by atoms with Crippen molar-refractivity contribution in [2.24, 2.45) is 0 Å². The van der Waals surface area contributed by atoms with E-state index in [9.17, 15) is 14.0 Å². The maximum absolute atomic E-state index is 13.8. The van der Waals surface area contributed by atoms with Gasteiger partial charge in [0.15, 0.2) is 17.3 Å². The molecule has 0 aliphatic carbocycles. The number of ether oxygens (including phenoxy) is 2. The summed E-state index contributed by atoms with van der Waals surface area (Å²) in [7, 11) is 1.47. The van der Waals surface area contributed by atoms with Crippen molar-refractivity contribution in [2.45, 2.75) is 13.3 Å². The standard InChI is InChI=1S/C22H21FN2O5/c1-3-12-29-18-9-8-14(13-20(18)28-2)21(26)24-25-22(27)19-11-10-17(30-19)15-6-4-5-7-16(15)23/h4-11,13H,3,12H2,1-2H3,(H,24,26)(H,25,27). The number of amides is 2. The maximum Gasteiger partial charge on any atom is 0.305 e. The van der Waals surface area contributed by atoms with E-state index in [0.717, 1.165) is 6.42 Å². The molecule has 0 aliphatic rings. The molecule has 2 amide bonds. The Balaban J connectivity index is 1.64. The summed E-state index contributed by atoms with van der Waals surface area (Å²) < 4.78 is 30.0. The average molecular weight is 412 g/mol. The van der Waals surface area contributed by atoms with Crippen molar-refractivity contribution in [1.29, 1.82) is 0 Å². The molecule has 8 heteroatoms. The van der Waals surface area contributed by atoms with Crippen molar-refractivity contribution in [1.82, 2.24) is 10.9 Å². The van der Waals surface area contributed by atoms with Crippen LogP contribution in [0.1, 0.15) is 34.3 Å². The number of hydrazine groups is 1. The van der Waals surface area contributed by atoms with E-state index >= 15 is 0 Å². The normalized spacial score (nSPS) is 10.4. The lowest BCUT2D eigenvalue weighted by atomic mass is 10.1. The predicted octanol–water partition coefficient (Wildman–Crippen LogP) is 3.96. The molecule has 0 radical (unpaired) electrons. The number of halogens is 1. The third-order valence-corrected chi connectivity index (χ3v) is 4.15. The summed E-state index contributed by atoms with van der Waals surface area (Å²) in [6.45, 7) is 2.51. The SMILES string of the molecule is CCCOc1ccc(C(=O)NNC(=O)c2ccc(-c3ccccc3F)o2)cc1OC. The highest BCUT2D eigenvalue weighted by Gasteiger charge is 2.16. The Morgan fingerprint density at radius 3 is 2.50 bits per heavy atom. The monoisotopic (exact) mass is 412 g/mol. The van der Waals surface area contributed by atoms with Crippen molar-refractivity contribution in [3.05, 3.63) is 71.7 Å². The molecule has 3 rings (SSSR count). The molecule has 0 saturated heterocycles. The van der Waals surface area contributed by atoms with Crippen molar-refractivity contribution in [2.75, 3.05) is 13.7 Å². The Morgan fingerprint density at radius 2 is 1.77 bits per heavy atom. The van der Waals surface area contributed by atoms with Crippen LogP contribution >= 0.6 is 0 Å².